The van der Waals surface area contributed by atoms with Crippen LogP contribution in [0.4, 0.5) is 0 Å². The summed E-state index contributed by atoms with van der Waals surface area (Å²) in [6, 6.07) is 0.398. The zero-order chi connectivity index (χ0) is 7.72. The number of imidazole rings is 1. The van der Waals surface area contributed by atoms with E-state index < -0.39 is 0 Å². The Morgan fingerprint density at radius 1 is 1.60 bits per heavy atom. The summed E-state index contributed by atoms with van der Waals surface area (Å²) >= 11 is 5.79. The van der Waals surface area contributed by atoms with Crippen molar-refractivity contribution in [3.63, 3.8) is 0 Å². The summed E-state index contributed by atoms with van der Waals surface area (Å²) < 4.78 is 1.99. The average molecular weight is 159 g/mol. The van der Waals surface area contributed by atoms with Gasteiger partial charge in [0.2, 0.25) is 5.28 Å². The second-order valence-corrected chi connectivity index (χ2v) is 2.97. The van der Waals surface area contributed by atoms with E-state index >= 15 is 0 Å². The van der Waals surface area contributed by atoms with Crippen molar-refractivity contribution >= 4 is 11.6 Å². The molecule has 0 radical (unpaired) electrons. The predicted octanol–water partition coefficient (Wildman–Crippen LogP) is 2.43. The van der Waals surface area contributed by atoms with Gasteiger partial charge in [-0.1, -0.05) is 0 Å². The molecule has 0 aliphatic rings. The van der Waals surface area contributed by atoms with E-state index in [0.29, 0.717) is 11.3 Å². The zero-order valence-corrected chi connectivity index (χ0v) is 7.18. The smallest absolute Gasteiger partial charge is 0.203 e. The lowest BCUT2D eigenvalue weighted by Gasteiger charge is -2.09. The van der Waals surface area contributed by atoms with Crippen molar-refractivity contribution < 1.29 is 0 Å². The Bertz CT molecular complexity index is 208. The second kappa shape index (κ2) is 2.62. The zero-order valence-electron chi connectivity index (χ0n) is 6.43. The van der Waals surface area contributed by atoms with Crippen LogP contribution in [0.1, 0.15) is 25.6 Å². The topological polar surface area (TPSA) is 17.8 Å². The highest BCUT2D eigenvalue weighted by Crippen LogP contribution is 2.16. The maximum absolute atomic E-state index is 5.79. The van der Waals surface area contributed by atoms with Gasteiger partial charge in [0.1, 0.15) is 0 Å². The van der Waals surface area contributed by atoms with Gasteiger partial charge in [-0.15, -0.1) is 0 Å². The standard InChI is InChI=1S/C7H11ClN2/c1-5(2)10-6(3)4-9-7(10)8/h4-5H,1-3H3. The van der Waals surface area contributed by atoms with Gasteiger partial charge in [-0.2, -0.15) is 0 Å². The fourth-order valence-corrected chi connectivity index (χ4v) is 1.41. The number of hydrogen-bond donors (Lipinski definition) is 0. The van der Waals surface area contributed by atoms with Crippen LogP contribution in [0, 0.1) is 6.92 Å². The van der Waals surface area contributed by atoms with Gasteiger partial charge in [0.25, 0.3) is 0 Å². The van der Waals surface area contributed by atoms with Crippen LogP contribution >= 0.6 is 11.6 Å². The van der Waals surface area contributed by atoms with Gasteiger partial charge in [0.05, 0.1) is 0 Å². The lowest BCUT2D eigenvalue weighted by Crippen LogP contribution is -2.02. The van der Waals surface area contributed by atoms with Gasteiger partial charge < -0.3 is 4.57 Å². The van der Waals surface area contributed by atoms with E-state index in [1.807, 2.05) is 11.5 Å². The van der Waals surface area contributed by atoms with Crippen molar-refractivity contribution in [3.05, 3.63) is 17.2 Å². The highest BCUT2D eigenvalue weighted by Gasteiger charge is 2.05. The number of aromatic nitrogens is 2. The van der Waals surface area contributed by atoms with Crippen molar-refractivity contribution in [1.82, 2.24) is 9.55 Å². The molecule has 0 atom stereocenters. The van der Waals surface area contributed by atoms with E-state index in [1.54, 1.807) is 6.20 Å². The van der Waals surface area contributed by atoms with Crippen LogP contribution in [-0.2, 0) is 0 Å². The first kappa shape index (κ1) is 7.61. The summed E-state index contributed by atoms with van der Waals surface area (Å²) in [4.78, 5) is 3.97. The molecule has 0 saturated carbocycles. The molecule has 0 bridgehead atoms. The lowest BCUT2D eigenvalue weighted by atomic mass is 10.4. The second-order valence-electron chi connectivity index (χ2n) is 2.63. The van der Waals surface area contributed by atoms with Crippen molar-refractivity contribution in [2.24, 2.45) is 0 Å². The largest absolute Gasteiger partial charge is 0.317 e. The Hall–Kier alpha value is -0.500. The summed E-state index contributed by atoms with van der Waals surface area (Å²) in [5.74, 6) is 0. The number of aryl methyl sites for hydroxylation is 1. The van der Waals surface area contributed by atoms with Crippen molar-refractivity contribution in [3.8, 4) is 0 Å². The Balaban J connectivity index is 3.10. The molecule has 1 heterocycles. The molecule has 0 fully saturated rings. The highest BCUT2D eigenvalue weighted by molar-refractivity contribution is 6.28. The van der Waals surface area contributed by atoms with E-state index in [4.69, 9.17) is 11.6 Å². The summed E-state index contributed by atoms with van der Waals surface area (Å²) in [7, 11) is 0. The Morgan fingerprint density at radius 3 is 2.40 bits per heavy atom. The van der Waals surface area contributed by atoms with Crippen LogP contribution in [0.25, 0.3) is 0 Å². The van der Waals surface area contributed by atoms with Crippen molar-refractivity contribution in [2.45, 2.75) is 26.8 Å². The molecule has 1 aromatic heterocycles. The first-order valence-electron chi connectivity index (χ1n) is 3.32. The van der Waals surface area contributed by atoms with Crippen molar-refractivity contribution in [2.75, 3.05) is 0 Å². The third kappa shape index (κ3) is 1.16. The Labute approximate surface area is 65.8 Å². The fourth-order valence-electron chi connectivity index (χ4n) is 1.04. The first-order valence-corrected chi connectivity index (χ1v) is 3.70. The fraction of sp³-hybridized carbons (Fsp3) is 0.571. The number of hydrogen-bond acceptors (Lipinski definition) is 1. The molecule has 1 rings (SSSR count). The van der Waals surface area contributed by atoms with E-state index in [1.165, 1.54) is 0 Å². The molecule has 0 amide bonds. The molecule has 0 unspecified atom stereocenters. The molecular weight excluding hydrogens is 148 g/mol. The number of rotatable bonds is 1. The van der Waals surface area contributed by atoms with E-state index in [0.717, 1.165) is 5.69 Å². The minimum absolute atomic E-state index is 0.398. The Kier molecular flexibility index (Phi) is 2.00. The molecule has 0 aromatic carbocycles. The monoisotopic (exact) mass is 158 g/mol. The van der Waals surface area contributed by atoms with E-state index in [9.17, 15) is 0 Å². The predicted molar refractivity (Wildman–Crippen MR) is 42.4 cm³/mol. The van der Waals surface area contributed by atoms with E-state index in [2.05, 4.69) is 18.8 Å². The van der Waals surface area contributed by atoms with E-state index in [-0.39, 0.29) is 0 Å². The SMILES string of the molecule is Cc1cnc(Cl)n1C(C)C. The van der Waals surface area contributed by atoms with Gasteiger partial charge in [0.15, 0.2) is 0 Å². The molecule has 0 aliphatic heterocycles. The van der Waals surface area contributed by atoms with Crippen LogP contribution in [0.5, 0.6) is 0 Å². The molecule has 0 spiro atoms. The molecule has 2 nitrogen and oxygen atoms in total. The van der Waals surface area contributed by atoms with Gasteiger partial charge in [-0.25, -0.2) is 4.98 Å². The summed E-state index contributed by atoms with van der Waals surface area (Å²) in [6.45, 7) is 6.17. The minimum Gasteiger partial charge on any atom is -0.317 e. The van der Waals surface area contributed by atoms with Crippen LogP contribution in [0.2, 0.25) is 5.28 Å². The van der Waals surface area contributed by atoms with Gasteiger partial charge in [-0.05, 0) is 32.4 Å². The molecular formula is C7H11ClN2. The maximum Gasteiger partial charge on any atom is 0.203 e. The lowest BCUT2D eigenvalue weighted by molar-refractivity contribution is 0.586. The van der Waals surface area contributed by atoms with Crippen molar-refractivity contribution in [1.29, 1.82) is 0 Å². The minimum atomic E-state index is 0.398. The molecule has 56 valence electrons. The van der Waals surface area contributed by atoms with Gasteiger partial charge >= 0.3 is 0 Å². The molecule has 10 heavy (non-hydrogen) atoms. The van der Waals surface area contributed by atoms with Crippen LogP contribution in [-0.4, -0.2) is 9.55 Å². The van der Waals surface area contributed by atoms with Gasteiger partial charge in [0, 0.05) is 17.9 Å². The normalized spacial score (nSPS) is 10.9. The number of halogens is 1. The molecule has 3 heteroatoms. The Morgan fingerprint density at radius 2 is 2.20 bits per heavy atom. The molecule has 0 aliphatic carbocycles. The van der Waals surface area contributed by atoms with Crippen LogP contribution < -0.4 is 0 Å². The third-order valence-electron chi connectivity index (χ3n) is 1.45. The van der Waals surface area contributed by atoms with Crippen LogP contribution in [0.3, 0.4) is 0 Å². The third-order valence-corrected chi connectivity index (χ3v) is 1.73. The quantitative estimate of drug-likeness (QED) is 0.614. The maximum atomic E-state index is 5.79. The first-order chi connectivity index (χ1) is 4.63. The average Bonchev–Trinajstić information content (AvgIpc) is 2.11. The van der Waals surface area contributed by atoms with Crippen LogP contribution in [0.15, 0.2) is 6.20 Å². The highest BCUT2D eigenvalue weighted by atomic mass is 35.5. The molecule has 1 aromatic rings. The molecule has 0 saturated heterocycles. The van der Waals surface area contributed by atoms with Gasteiger partial charge in [-0.3, -0.25) is 0 Å². The summed E-state index contributed by atoms with van der Waals surface area (Å²) in [5, 5.41) is 0.576. The molecule has 0 N–H and O–H groups in total. The number of nitrogens with zero attached hydrogens (tertiary/aromatic N) is 2. The summed E-state index contributed by atoms with van der Waals surface area (Å²) in [6.07, 6.45) is 1.78. The summed E-state index contributed by atoms with van der Waals surface area (Å²) in [5.41, 5.74) is 1.11.